The maximum Gasteiger partial charge on any atom is 0.295 e. The molecule has 2 amide bonds. The molecule has 0 saturated carbocycles. The van der Waals surface area contributed by atoms with E-state index in [4.69, 9.17) is 0 Å². The Morgan fingerprint density at radius 1 is 1.00 bits per heavy atom. The van der Waals surface area contributed by atoms with E-state index < -0.39 is 5.54 Å². The number of amides is 2. The molecule has 2 heterocycles. The highest BCUT2D eigenvalue weighted by Gasteiger charge is 2.44. The van der Waals surface area contributed by atoms with Gasteiger partial charge in [-0.05, 0) is 56.7 Å². The van der Waals surface area contributed by atoms with E-state index in [1.807, 2.05) is 79.7 Å². The van der Waals surface area contributed by atoms with Gasteiger partial charge in [0.2, 0.25) is 11.8 Å². The van der Waals surface area contributed by atoms with Crippen molar-refractivity contribution in [1.82, 2.24) is 14.3 Å². The lowest BCUT2D eigenvalue weighted by Gasteiger charge is -2.38. The number of hydrogen-bond donors (Lipinski definition) is 1. The lowest BCUT2D eigenvalue weighted by molar-refractivity contribution is -0.125. The quantitative estimate of drug-likeness (QED) is 0.214. The fraction of sp³-hybridized carbons (Fsp3) is 0.226. The summed E-state index contributed by atoms with van der Waals surface area (Å²) in [6.07, 6.45) is 0.280. The molecule has 0 spiro atoms. The Morgan fingerprint density at radius 2 is 1.63 bits per heavy atom. The molecular weight excluding hydrogens is 555 g/mol. The minimum atomic E-state index is -1.36. The first-order valence-electron chi connectivity index (χ1n) is 13.3. The number of rotatable bonds is 9. The Kier molecular flexibility index (Phi) is 8.14. The van der Waals surface area contributed by atoms with Gasteiger partial charge in [0, 0.05) is 12.7 Å². The second kappa shape index (κ2) is 11.8. The van der Waals surface area contributed by atoms with E-state index in [0.29, 0.717) is 17.1 Å². The molecular formula is C31H31N5O3S2. The molecule has 2 aromatic heterocycles. The van der Waals surface area contributed by atoms with Gasteiger partial charge in [-0.3, -0.25) is 24.0 Å². The highest BCUT2D eigenvalue weighted by atomic mass is 32.2. The maximum absolute atomic E-state index is 14.2. The van der Waals surface area contributed by atoms with E-state index in [1.54, 1.807) is 37.7 Å². The van der Waals surface area contributed by atoms with Crippen LogP contribution < -0.4 is 15.8 Å². The van der Waals surface area contributed by atoms with Crippen molar-refractivity contribution in [2.24, 2.45) is 7.05 Å². The van der Waals surface area contributed by atoms with E-state index in [9.17, 15) is 14.4 Å². The molecule has 10 heteroatoms. The Balaban J connectivity index is 1.58. The second-order valence-corrected chi connectivity index (χ2v) is 12.1. The summed E-state index contributed by atoms with van der Waals surface area (Å²) in [5.41, 5.74) is 1.16. The van der Waals surface area contributed by atoms with Crippen LogP contribution in [0.25, 0.3) is 15.9 Å². The van der Waals surface area contributed by atoms with Crippen LogP contribution in [0.5, 0.6) is 0 Å². The first-order chi connectivity index (χ1) is 19.7. The number of nitrogens with one attached hydrogen (secondary N) is 1. The van der Waals surface area contributed by atoms with Crippen LogP contribution in [0.3, 0.4) is 0 Å². The van der Waals surface area contributed by atoms with Gasteiger partial charge in [0.25, 0.3) is 5.56 Å². The summed E-state index contributed by atoms with van der Waals surface area (Å²) >= 11 is 2.82. The number of nitrogens with zero attached hydrogens (tertiary/aromatic N) is 4. The number of thioether (sulfide) groups is 1. The summed E-state index contributed by atoms with van der Waals surface area (Å²) < 4.78 is 5.03. The van der Waals surface area contributed by atoms with Crippen molar-refractivity contribution in [2.45, 2.75) is 37.1 Å². The zero-order valence-corrected chi connectivity index (χ0v) is 25.0. The molecule has 0 aliphatic carbocycles. The minimum absolute atomic E-state index is 0.00708. The molecule has 0 unspecified atom stereocenters. The normalized spacial score (nSPS) is 12.7. The highest BCUT2D eigenvalue weighted by molar-refractivity contribution is 8.01. The van der Waals surface area contributed by atoms with E-state index in [0.717, 1.165) is 14.6 Å². The fourth-order valence-electron chi connectivity index (χ4n) is 4.77. The lowest BCUT2D eigenvalue weighted by Crippen LogP contribution is -2.59. The van der Waals surface area contributed by atoms with Crippen LogP contribution in [0.2, 0.25) is 0 Å². The van der Waals surface area contributed by atoms with Gasteiger partial charge in [-0.1, -0.05) is 67.2 Å². The van der Waals surface area contributed by atoms with Crippen molar-refractivity contribution in [3.8, 4) is 5.69 Å². The van der Waals surface area contributed by atoms with Gasteiger partial charge in [0.05, 0.1) is 27.4 Å². The molecule has 1 N–H and O–H groups in total. The van der Waals surface area contributed by atoms with Crippen LogP contribution in [0.15, 0.2) is 94.1 Å². The van der Waals surface area contributed by atoms with Gasteiger partial charge < -0.3 is 5.32 Å². The van der Waals surface area contributed by atoms with E-state index in [2.05, 4.69) is 10.3 Å². The zero-order valence-electron chi connectivity index (χ0n) is 23.3. The molecule has 0 aliphatic heterocycles. The van der Waals surface area contributed by atoms with Crippen molar-refractivity contribution in [3.63, 3.8) is 0 Å². The van der Waals surface area contributed by atoms with Gasteiger partial charge >= 0.3 is 0 Å². The first-order valence-corrected chi connectivity index (χ1v) is 15.1. The average molecular weight is 586 g/mol. The number of anilines is 2. The molecule has 0 saturated heterocycles. The topological polar surface area (TPSA) is 89.2 Å². The van der Waals surface area contributed by atoms with Crippen LogP contribution in [-0.2, 0) is 16.6 Å². The average Bonchev–Trinajstić information content (AvgIpc) is 3.50. The third-order valence-electron chi connectivity index (χ3n) is 7.29. The van der Waals surface area contributed by atoms with Crippen molar-refractivity contribution in [1.29, 1.82) is 0 Å². The SMILES string of the molecule is CC[C@@](C)(C(=O)Nc1ccccc1)N(C(=O)CSc1nc2ccccc2s1)c1c(C)n(C)n(-c2ccccc2)c1=O. The van der Waals surface area contributed by atoms with Crippen LogP contribution in [-0.4, -0.2) is 37.5 Å². The number of fused-ring (bicyclic) bond motifs is 1. The first kappa shape index (κ1) is 28.4. The Morgan fingerprint density at radius 3 is 2.29 bits per heavy atom. The summed E-state index contributed by atoms with van der Waals surface area (Å²) in [5, 5.41) is 2.96. The van der Waals surface area contributed by atoms with Gasteiger partial charge in [0.15, 0.2) is 4.34 Å². The molecule has 0 aliphatic rings. The standard InChI is InChI=1S/C31H31N5O3S2/c1-5-31(3,29(39)32-22-14-8-6-9-15-22)35(26(37)20-40-30-33-24-18-12-13-19-25(24)41-30)27-21(2)34(4)36(28(27)38)23-16-10-7-11-17-23/h6-19H,5,20H2,1-4H3,(H,32,39)/t31-/m0/s1. The van der Waals surface area contributed by atoms with Crippen molar-refractivity contribution < 1.29 is 9.59 Å². The molecule has 0 radical (unpaired) electrons. The molecule has 210 valence electrons. The summed E-state index contributed by atoms with van der Waals surface area (Å²) in [6, 6.07) is 26.2. The number of benzene rings is 3. The summed E-state index contributed by atoms with van der Waals surface area (Å²) in [7, 11) is 1.78. The second-order valence-electron chi connectivity index (χ2n) is 9.82. The van der Waals surface area contributed by atoms with Crippen LogP contribution in [0.1, 0.15) is 26.0 Å². The van der Waals surface area contributed by atoms with E-state index >= 15 is 0 Å². The van der Waals surface area contributed by atoms with Gasteiger partial charge in [-0.25, -0.2) is 9.67 Å². The smallest absolute Gasteiger partial charge is 0.295 e. The Bertz CT molecular complexity index is 1730. The molecule has 41 heavy (non-hydrogen) atoms. The van der Waals surface area contributed by atoms with Crippen molar-refractivity contribution >= 4 is 56.5 Å². The number of carbonyl (C=O) groups is 2. The number of aromatic nitrogens is 3. The predicted molar refractivity (Wildman–Crippen MR) is 167 cm³/mol. The Labute approximate surface area is 246 Å². The number of thiazole rings is 1. The number of carbonyl (C=O) groups excluding carboxylic acids is 2. The summed E-state index contributed by atoms with van der Waals surface area (Å²) in [4.78, 5) is 48.3. The zero-order chi connectivity index (χ0) is 29.1. The van der Waals surface area contributed by atoms with Gasteiger partial charge in [0.1, 0.15) is 11.2 Å². The third-order valence-corrected chi connectivity index (χ3v) is 9.46. The predicted octanol–water partition coefficient (Wildman–Crippen LogP) is 6.03. The monoisotopic (exact) mass is 585 g/mol. The summed E-state index contributed by atoms with van der Waals surface area (Å²) in [6.45, 7) is 5.35. The fourth-order valence-corrected chi connectivity index (χ4v) is 6.68. The third kappa shape index (κ3) is 5.45. The summed E-state index contributed by atoms with van der Waals surface area (Å²) in [5.74, 6) is -0.723. The van der Waals surface area contributed by atoms with Crippen molar-refractivity contribution in [2.75, 3.05) is 16.0 Å². The van der Waals surface area contributed by atoms with Crippen molar-refractivity contribution in [3.05, 3.63) is 101 Å². The van der Waals surface area contributed by atoms with Crippen LogP contribution in [0, 0.1) is 6.92 Å². The molecule has 3 aromatic carbocycles. The van der Waals surface area contributed by atoms with Gasteiger partial charge in [-0.15, -0.1) is 11.3 Å². The Hall–Kier alpha value is -4.15. The number of para-hydroxylation sites is 3. The van der Waals surface area contributed by atoms with Crippen LogP contribution >= 0.6 is 23.1 Å². The molecule has 0 fully saturated rings. The lowest BCUT2D eigenvalue weighted by atomic mass is 9.93. The molecule has 1 atom stereocenters. The van der Waals surface area contributed by atoms with Gasteiger partial charge in [-0.2, -0.15) is 0 Å². The van der Waals surface area contributed by atoms with E-state index in [1.165, 1.54) is 32.7 Å². The maximum atomic E-state index is 14.2. The van der Waals surface area contributed by atoms with E-state index in [-0.39, 0.29) is 35.2 Å². The molecule has 5 aromatic rings. The molecule has 0 bridgehead atoms. The number of hydrogen-bond acceptors (Lipinski definition) is 6. The highest BCUT2D eigenvalue weighted by Crippen LogP contribution is 2.33. The van der Waals surface area contributed by atoms with Crippen LogP contribution in [0.4, 0.5) is 11.4 Å². The largest absolute Gasteiger partial charge is 0.324 e. The molecule has 5 rings (SSSR count). The minimum Gasteiger partial charge on any atom is -0.324 e. The molecule has 8 nitrogen and oxygen atoms in total.